The molecule has 2 saturated heterocycles. The van der Waals surface area contributed by atoms with Crippen LogP contribution in [0.4, 0.5) is 4.79 Å². The Labute approximate surface area is 142 Å². The molecule has 5 nitrogen and oxygen atoms in total. The Morgan fingerprint density at radius 1 is 1.26 bits per heavy atom. The lowest BCUT2D eigenvalue weighted by molar-refractivity contribution is 0.124. The van der Waals surface area contributed by atoms with E-state index in [9.17, 15) is 4.79 Å². The Kier molecular flexibility index (Phi) is 6.28. The third kappa shape index (κ3) is 4.91. The molecule has 2 fully saturated rings. The maximum Gasteiger partial charge on any atom is 0.317 e. The molecule has 0 spiro atoms. The van der Waals surface area contributed by atoms with Crippen molar-refractivity contribution in [1.29, 1.82) is 0 Å². The largest absolute Gasteiger partial charge is 0.469 e. The van der Waals surface area contributed by atoms with Crippen LogP contribution in [0.5, 0.6) is 0 Å². The third-order valence-corrected chi connectivity index (χ3v) is 5.71. The van der Waals surface area contributed by atoms with Gasteiger partial charge in [-0.15, -0.1) is 0 Å². The molecule has 1 aromatic rings. The van der Waals surface area contributed by atoms with E-state index < -0.39 is 0 Å². The predicted molar refractivity (Wildman–Crippen MR) is 93.9 cm³/mol. The summed E-state index contributed by atoms with van der Waals surface area (Å²) in [5.74, 6) is 3.51. The standard InChI is InChI=1S/C17H27N3O2S/c21-17(18-7-1-3-16-4-2-12-22-16)20-8-5-15(6-9-20)19-10-13-23-14-11-19/h2,4,12,15H,1,3,5-11,13-14H2,(H,18,21). The number of carbonyl (C=O) groups excluding carboxylic acids is 1. The summed E-state index contributed by atoms with van der Waals surface area (Å²) >= 11 is 2.06. The molecular weight excluding hydrogens is 310 g/mol. The van der Waals surface area contributed by atoms with E-state index in [-0.39, 0.29) is 6.03 Å². The van der Waals surface area contributed by atoms with Crippen molar-refractivity contribution < 1.29 is 9.21 Å². The highest BCUT2D eigenvalue weighted by Gasteiger charge is 2.27. The van der Waals surface area contributed by atoms with Gasteiger partial charge in [0.05, 0.1) is 6.26 Å². The van der Waals surface area contributed by atoms with Crippen LogP contribution in [0.3, 0.4) is 0 Å². The van der Waals surface area contributed by atoms with Crippen molar-refractivity contribution in [3.63, 3.8) is 0 Å². The number of piperidine rings is 1. The first-order chi connectivity index (χ1) is 11.3. The number of hydrogen-bond acceptors (Lipinski definition) is 4. The van der Waals surface area contributed by atoms with Crippen molar-refractivity contribution in [3.8, 4) is 0 Å². The van der Waals surface area contributed by atoms with Crippen molar-refractivity contribution >= 4 is 17.8 Å². The molecule has 2 aliphatic heterocycles. The molecule has 23 heavy (non-hydrogen) atoms. The van der Waals surface area contributed by atoms with E-state index in [0.29, 0.717) is 12.6 Å². The summed E-state index contributed by atoms with van der Waals surface area (Å²) in [6.07, 6.45) is 5.72. The van der Waals surface area contributed by atoms with Gasteiger partial charge in [0.15, 0.2) is 0 Å². The number of likely N-dealkylation sites (tertiary alicyclic amines) is 1. The number of urea groups is 1. The minimum absolute atomic E-state index is 0.0945. The molecule has 3 heterocycles. The Morgan fingerprint density at radius 2 is 2.04 bits per heavy atom. The number of thioether (sulfide) groups is 1. The van der Waals surface area contributed by atoms with Gasteiger partial charge in [-0.05, 0) is 31.4 Å². The van der Waals surface area contributed by atoms with Crippen LogP contribution >= 0.6 is 11.8 Å². The molecule has 0 unspecified atom stereocenters. The average Bonchev–Trinajstić information content (AvgIpc) is 3.13. The number of nitrogens with zero attached hydrogens (tertiary/aromatic N) is 2. The van der Waals surface area contributed by atoms with E-state index in [1.807, 2.05) is 17.0 Å². The zero-order valence-electron chi connectivity index (χ0n) is 13.7. The highest BCUT2D eigenvalue weighted by Crippen LogP contribution is 2.20. The minimum Gasteiger partial charge on any atom is -0.469 e. The van der Waals surface area contributed by atoms with Crippen LogP contribution in [0, 0.1) is 0 Å². The third-order valence-electron chi connectivity index (χ3n) is 4.77. The highest BCUT2D eigenvalue weighted by atomic mass is 32.2. The highest BCUT2D eigenvalue weighted by molar-refractivity contribution is 7.99. The van der Waals surface area contributed by atoms with Gasteiger partial charge in [-0.3, -0.25) is 4.90 Å². The van der Waals surface area contributed by atoms with Crippen molar-refractivity contribution in [2.75, 3.05) is 44.2 Å². The summed E-state index contributed by atoms with van der Waals surface area (Å²) in [7, 11) is 0. The van der Waals surface area contributed by atoms with E-state index in [2.05, 4.69) is 22.0 Å². The lowest BCUT2D eigenvalue weighted by atomic mass is 10.0. The number of aryl methyl sites for hydroxylation is 1. The quantitative estimate of drug-likeness (QED) is 0.839. The van der Waals surface area contributed by atoms with E-state index in [1.165, 1.54) is 24.6 Å². The molecule has 3 rings (SSSR count). The molecular formula is C17H27N3O2S. The summed E-state index contributed by atoms with van der Waals surface area (Å²) in [5.41, 5.74) is 0. The first-order valence-corrected chi connectivity index (χ1v) is 9.85. The monoisotopic (exact) mass is 337 g/mol. The van der Waals surface area contributed by atoms with Crippen LogP contribution in [0.25, 0.3) is 0 Å². The molecule has 2 aliphatic rings. The van der Waals surface area contributed by atoms with Gasteiger partial charge >= 0.3 is 6.03 Å². The molecule has 128 valence electrons. The molecule has 0 radical (unpaired) electrons. The van der Waals surface area contributed by atoms with Crippen LogP contribution in [0.15, 0.2) is 22.8 Å². The van der Waals surface area contributed by atoms with Gasteiger partial charge in [0.1, 0.15) is 5.76 Å². The van der Waals surface area contributed by atoms with Gasteiger partial charge < -0.3 is 14.6 Å². The summed E-state index contributed by atoms with van der Waals surface area (Å²) in [6, 6.07) is 4.65. The van der Waals surface area contributed by atoms with E-state index in [4.69, 9.17) is 4.42 Å². The van der Waals surface area contributed by atoms with Gasteiger partial charge in [-0.1, -0.05) is 0 Å². The fourth-order valence-electron chi connectivity index (χ4n) is 3.40. The number of carbonyl (C=O) groups is 1. The zero-order valence-corrected chi connectivity index (χ0v) is 14.5. The van der Waals surface area contributed by atoms with Crippen LogP contribution in [0.1, 0.15) is 25.0 Å². The fourth-order valence-corrected chi connectivity index (χ4v) is 4.33. The lowest BCUT2D eigenvalue weighted by Crippen LogP contribution is -2.51. The van der Waals surface area contributed by atoms with Crippen LogP contribution in [-0.4, -0.2) is 66.1 Å². The normalized spacial score (nSPS) is 20.6. The van der Waals surface area contributed by atoms with E-state index in [1.54, 1.807) is 6.26 Å². The van der Waals surface area contributed by atoms with Gasteiger partial charge in [0.2, 0.25) is 0 Å². The molecule has 6 heteroatoms. The number of furan rings is 1. The minimum atomic E-state index is 0.0945. The molecule has 0 aliphatic carbocycles. The summed E-state index contributed by atoms with van der Waals surface area (Å²) in [5, 5.41) is 3.04. The second-order valence-corrected chi connectivity index (χ2v) is 7.51. The number of rotatable bonds is 5. The van der Waals surface area contributed by atoms with E-state index in [0.717, 1.165) is 44.5 Å². The van der Waals surface area contributed by atoms with Crippen molar-refractivity contribution in [2.45, 2.75) is 31.7 Å². The second-order valence-electron chi connectivity index (χ2n) is 6.28. The Balaban J connectivity index is 1.31. The molecule has 1 aromatic heterocycles. The maximum atomic E-state index is 12.2. The molecule has 2 amide bonds. The topological polar surface area (TPSA) is 48.7 Å². The summed E-state index contributed by atoms with van der Waals surface area (Å²) in [4.78, 5) is 16.8. The van der Waals surface area contributed by atoms with Crippen molar-refractivity contribution in [2.24, 2.45) is 0 Å². The Morgan fingerprint density at radius 3 is 2.74 bits per heavy atom. The lowest BCUT2D eigenvalue weighted by Gasteiger charge is -2.40. The first-order valence-electron chi connectivity index (χ1n) is 8.70. The molecule has 0 aromatic carbocycles. The van der Waals surface area contributed by atoms with Gasteiger partial charge in [-0.2, -0.15) is 11.8 Å². The average molecular weight is 337 g/mol. The van der Waals surface area contributed by atoms with Gasteiger partial charge in [0, 0.05) is 56.7 Å². The second kappa shape index (κ2) is 8.64. The summed E-state index contributed by atoms with van der Waals surface area (Å²) < 4.78 is 5.30. The van der Waals surface area contributed by atoms with Gasteiger partial charge in [0.25, 0.3) is 0 Å². The van der Waals surface area contributed by atoms with Gasteiger partial charge in [-0.25, -0.2) is 4.79 Å². The molecule has 0 atom stereocenters. The Bertz CT molecular complexity index is 466. The SMILES string of the molecule is O=C(NCCCc1ccco1)N1CCC(N2CCSCC2)CC1. The first kappa shape index (κ1) is 16.7. The summed E-state index contributed by atoms with van der Waals surface area (Å²) in [6.45, 7) is 4.92. The zero-order chi connectivity index (χ0) is 15.9. The van der Waals surface area contributed by atoms with Crippen molar-refractivity contribution in [1.82, 2.24) is 15.1 Å². The van der Waals surface area contributed by atoms with Crippen LogP contribution in [0.2, 0.25) is 0 Å². The fraction of sp³-hybridized carbons (Fsp3) is 0.706. The Hall–Kier alpha value is -1.14. The van der Waals surface area contributed by atoms with Crippen LogP contribution in [-0.2, 0) is 6.42 Å². The number of nitrogens with one attached hydrogen (secondary N) is 1. The number of hydrogen-bond donors (Lipinski definition) is 1. The van der Waals surface area contributed by atoms with Crippen LogP contribution < -0.4 is 5.32 Å². The smallest absolute Gasteiger partial charge is 0.317 e. The number of amides is 2. The molecule has 0 bridgehead atoms. The maximum absolute atomic E-state index is 12.2. The van der Waals surface area contributed by atoms with E-state index >= 15 is 0 Å². The van der Waals surface area contributed by atoms with Crippen molar-refractivity contribution in [3.05, 3.63) is 24.2 Å². The molecule has 1 N–H and O–H groups in total. The predicted octanol–water partition coefficient (Wildman–Crippen LogP) is 2.44. The molecule has 0 saturated carbocycles.